The predicted molar refractivity (Wildman–Crippen MR) is 57.4 cm³/mol. The van der Waals surface area contributed by atoms with Crippen LogP contribution in [0.15, 0.2) is 0 Å². The number of likely N-dealkylation sites (tertiary alicyclic amines) is 1. The lowest BCUT2D eigenvalue weighted by atomic mass is 9.96. The number of hydrogen-bond donors (Lipinski definition) is 2. The van der Waals surface area contributed by atoms with E-state index in [-0.39, 0.29) is 12.5 Å². The molecule has 2 fully saturated rings. The second kappa shape index (κ2) is 4.94. The fraction of sp³-hybridized carbons (Fsp3) is 0.909. The van der Waals surface area contributed by atoms with Gasteiger partial charge >= 0.3 is 0 Å². The summed E-state index contributed by atoms with van der Waals surface area (Å²) in [7, 11) is 0. The summed E-state index contributed by atoms with van der Waals surface area (Å²) in [4.78, 5) is 14.0. The number of carbonyl (C=O) groups is 1. The molecule has 0 radical (unpaired) electrons. The Labute approximate surface area is 90.6 Å². The first-order valence-electron chi connectivity index (χ1n) is 5.91. The van der Waals surface area contributed by atoms with E-state index in [9.17, 15) is 4.79 Å². The zero-order valence-corrected chi connectivity index (χ0v) is 9.11. The Bertz CT molecular complexity index is 219. The normalized spacial score (nSPS) is 28.3. The second-order valence-corrected chi connectivity index (χ2v) is 4.64. The van der Waals surface area contributed by atoms with E-state index in [1.165, 1.54) is 0 Å². The van der Waals surface area contributed by atoms with E-state index in [2.05, 4.69) is 5.32 Å². The summed E-state index contributed by atoms with van der Waals surface area (Å²) in [6, 6.07) is 0. The third kappa shape index (κ3) is 2.49. The molecule has 1 amide bonds. The molecule has 0 aromatic carbocycles. The second-order valence-electron chi connectivity index (χ2n) is 4.64. The Kier molecular flexibility index (Phi) is 3.59. The van der Waals surface area contributed by atoms with Crippen LogP contribution in [0.5, 0.6) is 0 Å². The third-order valence-electron chi connectivity index (χ3n) is 3.59. The monoisotopic (exact) mass is 212 g/mol. The van der Waals surface area contributed by atoms with Gasteiger partial charge in [-0.25, -0.2) is 0 Å². The van der Waals surface area contributed by atoms with Crippen LogP contribution in [-0.4, -0.2) is 48.7 Å². The van der Waals surface area contributed by atoms with E-state index in [1.807, 2.05) is 4.90 Å². The first kappa shape index (κ1) is 10.9. The van der Waals surface area contributed by atoms with E-state index in [4.69, 9.17) is 5.11 Å². The van der Waals surface area contributed by atoms with E-state index >= 15 is 0 Å². The zero-order valence-electron chi connectivity index (χ0n) is 9.11. The molecule has 2 rings (SSSR count). The molecule has 4 heteroatoms. The molecule has 2 heterocycles. The number of amides is 1. The molecule has 0 bridgehead atoms. The molecule has 86 valence electrons. The summed E-state index contributed by atoms with van der Waals surface area (Å²) >= 11 is 0. The van der Waals surface area contributed by atoms with Crippen LogP contribution in [0.1, 0.15) is 19.3 Å². The molecule has 0 aliphatic carbocycles. The van der Waals surface area contributed by atoms with Crippen molar-refractivity contribution >= 4 is 5.91 Å². The standard InChI is InChI=1S/C11H20N2O2/c14-8-9-2-5-13(6-3-9)11(15)10-1-4-12-7-10/h9-10,12,14H,1-8H2. The van der Waals surface area contributed by atoms with Gasteiger partial charge in [-0.1, -0.05) is 0 Å². The van der Waals surface area contributed by atoms with Crippen molar-refractivity contribution in [1.82, 2.24) is 10.2 Å². The van der Waals surface area contributed by atoms with Crippen LogP contribution in [-0.2, 0) is 4.79 Å². The fourth-order valence-corrected chi connectivity index (χ4v) is 2.46. The SMILES string of the molecule is O=C(C1CCNC1)N1CCC(CO)CC1. The Morgan fingerprint density at radius 2 is 2.07 bits per heavy atom. The number of aliphatic hydroxyl groups is 1. The number of nitrogens with zero attached hydrogens (tertiary/aromatic N) is 1. The summed E-state index contributed by atoms with van der Waals surface area (Å²) < 4.78 is 0. The summed E-state index contributed by atoms with van der Waals surface area (Å²) in [5, 5.41) is 12.2. The molecule has 0 aromatic heterocycles. The van der Waals surface area contributed by atoms with E-state index in [0.29, 0.717) is 11.8 Å². The molecule has 2 saturated heterocycles. The van der Waals surface area contributed by atoms with Gasteiger partial charge in [0.25, 0.3) is 0 Å². The number of carbonyl (C=O) groups excluding carboxylic acids is 1. The summed E-state index contributed by atoms with van der Waals surface area (Å²) in [5.41, 5.74) is 0. The third-order valence-corrected chi connectivity index (χ3v) is 3.59. The van der Waals surface area contributed by atoms with Gasteiger partial charge in [-0.2, -0.15) is 0 Å². The van der Waals surface area contributed by atoms with Crippen LogP contribution < -0.4 is 5.32 Å². The summed E-state index contributed by atoms with van der Waals surface area (Å²) in [5.74, 6) is 0.933. The van der Waals surface area contributed by atoms with Crippen LogP contribution in [0.2, 0.25) is 0 Å². The smallest absolute Gasteiger partial charge is 0.227 e. The number of nitrogens with one attached hydrogen (secondary N) is 1. The maximum Gasteiger partial charge on any atom is 0.227 e. The van der Waals surface area contributed by atoms with Crippen LogP contribution in [0, 0.1) is 11.8 Å². The highest BCUT2D eigenvalue weighted by Gasteiger charge is 2.29. The van der Waals surface area contributed by atoms with Gasteiger partial charge in [0.1, 0.15) is 0 Å². The average Bonchev–Trinajstić information content (AvgIpc) is 2.82. The van der Waals surface area contributed by atoms with Crippen molar-refractivity contribution in [3.63, 3.8) is 0 Å². The number of rotatable bonds is 2. The molecule has 2 aliphatic heterocycles. The minimum Gasteiger partial charge on any atom is -0.396 e. The van der Waals surface area contributed by atoms with Gasteiger partial charge in [-0.15, -0.1) is 0 Å². The fourth-order valence-electron chi connectivity index (χ4n) is 2.46. The molecular formula is C11H20N2O2. The van der Waals surface area contributed by atoms with Gasteiger partial charge < -0.3 is 15.3 Å². The minimum absolute atomic E-state index is 0.204. The first-order chi connectivity index (χ1) is 7.31. The number of aliphatic hydroxyl groups excluding tert-OH is 1. The Balaban J connectivity index is 1.81. The molecule has 2 N–H and O–H groups in total. The van der Waals surface area contributed by atoms with Crippen molar-refractivity contribution in [3.05, 3.63) is 0 Å². The lowest BCUT2D eigenvalue weighted by Gasteiger charge is -2.32. The Hall–Kier alpha value is -0.610. The molecular weight excluding hydrogens is 192 g/mol. The van der Waals surface area contributed by atoms with Gasteiger partial charge in [0.2, 0.25) is 5.91 Å². The predicted octanol–water partition coefficient (Wildman–Crippen LogP) is -0.173. The van der Waals surface area contributed by atoms with Crippen molar-refractivity contribution in [3.8, 4) is 0 Å². The highest BCUT2D eigenvalue weighted by atomic mass is 16.3. The Morgan fingerprint density at radius 3 is 2.60 bits per heavy atom. The van der Waals surface area contributed by atoms with Crippen molar-refractivity contribution in [2.75, 3.05) is 32.8 Å². The van der Waals surface area contributed by atoms with Gasteiger partial charge in [0, 0.05) is 26.2 Å². The van der Waals surface area contributed by atoms with E-state index in [0.717, 1.165) is 45.4 Å². The van der Waals surface area contributed by atoms with Crippen LogP contribution >= 0.6 is 0 Å². The molecule has 1 atom stereocenters. The van der Waals surface area contributed by atoms with E-state index in [1.54, 1.807) is 0 Å². The largest absolute Gasteiger partial charge is 0.396 e. The average molecular weight is 212 g/mol. The van der Waals surface area contributed by atoms with Crippen molar-refractivity contribution in [2.45, 2.75) is 19.3 Å². The van der Waals surface area contributed by atoms with Crippen LogP contribution in [0.3, 0.4) is 0 Å². The van der Waals surface area contributed by atoms with Gasteiger partial charge in [-0.05, 0) is 31.7 Å². The lowest BCUT2D eigenvalue weighted by molar-refractivity contribution is -0.136. The molecule has 15 heavy (non-hydrogen) atoms. The van der Waals surface area contributed by atoms with Crippen LogP contribution in [0.4, 0.5) is 0 Å². The maximum atomic E-state index is 12.0. The topological polar surface area (TPSA) is 52.6 Å². The lowest BCUT2D eigenvalue weighted by Crippen LogP contribution is -2.42. The van der Waals surface area contributed by atoms with Crippen molar-refractivity contribution < 1.29 is 9.90 Å². The minimum atomic E-state index is 0.204. The summed E-state index contributed by atoms with van der Waals surface area (Å²) in [6.45, 7) is 3.76. The van der Waals surface area contributed by atoms with Gasteiger partial charge in [0.05, 0.1) is 5.92 Å². The van der Waals surface area contributed by atoms with Crippen LogP contribution in [0.25, 0.3) is 0 Å². The van der Waals surface area contributed by atoms with Gasteiger partial charge in [-0.3, -0.25) is 4.79 Å². The van der Waals surface area contributed by atoms with E-state index < -0.39 is 0 Å². The summed E-state index contributed by atoms with van der Waals surface area (Å²) in [6.07, 6.45) is 2.91. The van der Waals surface area contributed by atoms with Crippen molar-refractivity contribution in [2.24, 2.45) is 11.8 Å². The van der Waals surface area contributed by atoms with Gasteiger partial charge in [0.15, 0.2) is 0 Å². The highest BCUT2D eigenvalue weighted by Crippen LogP contribution is 2.20. The molecule has 0 spiro atoms. The quantitative estimate of drug-likeness (QED) is 0.668. The van der Waals surface area contributed by atoms with Crippen molar-refractivity contribution in [1.29, 1.82) is 0 Å². The molecule has 2 aliphatic rings. The Morgan fingerprint density at radius 1 is 1.33 bits per heavy atom. The number of hydrogen-bond acceptors (Lipinski definition) is 3. The first-order valence-corrected chi connectivity index (χ1v) is 5.91. The zero-order chi connectivity index (χ0) is 10.7. The molecule has 1 unspecified atom stereocenters. The number of piperidine rings is 1. The highest BCUT2D eigenvalue weighted by molar-refractivity contribution is 5.79. The molecule has 0 aromatic rings. The maximum absolute atomic E-state index is 12.0. The molecule has 4 nitrogen and oxygen atoms in total. The molecule has 0 saturated carbocycles.